The van der Waals surface area contributed by atoms with Crippen LogP contribution < -0.4 is 21.3 Å². The fourth-order valence-corrected chi connectivity index (χ4v) is 13.3. The number of carbonyl (C=O) groups is 3. The van der Waals surface area contributed by atoms with Crippen molar-refractivity contribution in [1.29, 1.82) is 0 Å². The van der Waals surface area contributed by atoms with Crippen molar-refractivity contribution in [2.45, 2.75) is 136 Å². The Kier molecular flexibility index (Phi) is 36.3. The van der Waals surface area contributed by atoms with Gasteiger partial charge in [0.2, 0.25) is 0 Å². The van der Waals surface area contributed by atoms with Crippen LogP contribution in [0.15, 0.2) is 0 Å². The number of aliphatic hydroxyl groups excluding tert-OH is 1. The zero-order valence-corrected chi connectivity index (χ0v) is 38.4. The topological polar surface area (TPSA) is 166 Å². The van der Waals surface area contributed by atoms with E-state index in [1.54, 1.807) is 0 Å². The number of esters is 1. The van der Waals surface area contributed by atoms with Crippen LogP contribution in [0.1, 0.15) is 79.1 Å². The smallest absolute Gasteiger partial charge is 0.314 e. The molecule has 53 heavy (non-hydrogen) atoms. The lowest BCUT2D eigenvalue weighted by Gasteiger charge is -2.31. The van der Waals surface area contributed by atoms with Crippen molar-refractivity contribution >= 4 is 58.3 Å². The first-order valence-electron chi connectivity index (χ1n) is 19.6. The predicted molar refractivity (Wildman–Crippen MR) is 228 cm³/mol. The van der Waals surface area contributed by atoms with Gasteiger partial charge in [-0.2, -0.15) is 12.6 Å². The van der Waals surface area contributed by atoms with Crippen molar-refractivity contribution in [2.75, 3.05) is 77.4 Å². The van der Waals surface area contributed by atoms with Gasteiger partial charge in [0, 0.05) is 49.8 Å². The van der Waals surface area contributed by atoms with Gasteiger partial charge in [-0.1, -0.05) is 38.5 Å². The van der Waals surface area contributed by atoms with E-state index in [2.05, 4.69) is 80.5 Å². The molecule has 17 heteroatoms. The van der Waals surface area contributed by atoms with Crippen LogP contribution in [0, 0.1) is 0 Å². The van der Waals surface area contributed by atoms with E-state index in [0.29, 0.717) is 76.6 Å². The summed E-state index contributed by atoms with van der Waals surface area (Å²) in [6.45, 7) is 24.4. The minimum Gasteiger partial charge on any atom is -0.463 e. The number of hydrogen-bond acceptors (Lipinski definition) is 12. The minimum absolute atomic E-state index is 0.00620. The Hall–Kier alpha value is -0.896. The third-order valence-corrected chi connectivity index (χ3v) is 14.7. The standard InChI is InChI=1S/C18H37N3O4S2.C18H41NO5Si2/c1-3-16(2)21-17(22)19-8-6-4-5-7-9-20-18(23)27-15-13-25-11-10-24-12-14-26;1-8-16(2)19-11-10-18(21)23-15-17(20)14-22-12-9-13-26(6,7)24-25(3,4)5/h16,26H,3-15H2,1-2H3,(H,20,23)(H2,19,21,22);16-17,19-20H,8-15H2,1-7H3. The summed E-state index contributed by atoms with van der Waals surface area (Å²) in [7, 11) is -3.12. The van der Waals surface area contributed by atoms with Crippen LogP contribution in [-0.2, 0) is 27.9 Å². The molecule has 0 bridgehead atoms. The fraction of sp³-hybridized carbons (Fsp3) is 0.917. The van der Waals surface area contributed by atoms with Crippen molar-refractivity contribution in [1.82, 2.24) is 21.3 Å². The summed E-state index contributed by atoms with van der Waals surface area (Å²) < 4.78 is 27.5. The Labute approximate surface area is 334 Å². The molecule has 0 aliphatic carbocycles. The normalized spacial score (nSPS) is 13.3. The highest BCUT2D eigenvalue weighted by Crippen LogP contribution is 2.19. The van der Waals surface area contributed by atoms with E-state index in [1.807, 2.05) is 13.8 Å². The molecule has 0 aromatic rings. The maximum Gasteiger partial charge on any atom is 0.314 e. The lowest BCUT2D eigenvalue weighted by Crippen LogP contribution is -2.42. The van der Waals surface area contributed by atoms with Gasteiger partial charge in [-0.15, -0.1) is 0 Å². The van der Waals surface area contributed by atoms with Gasteiger partial charge in [-0.25, -0.2) is 4.79 Å². The maximum atomic E-state index is 11.6. The van der Waals surface area contributed by atoms with E-state index in [1.165, 1.54) is 11.8 Å². The lowest BCUT2D eigenvalue weighted by atomic mass is 10.2. The number of thiol groups is 1. The number of rotatable bonds is 32. The number of thioether (sulfide) groups is 1. The molecule has 3 atom stereocenters. The molecule has 0 aromatic carbocycles. The first-order valence-corrected chi connectivity index (χ1v) is 27.8. The van der Waals surface area contributed by atoms with Gasteiger partial charge in [-0.05, 0) is 84.7 Å². The van der Waals surface area contributed by atoms with E-state index >= 15 is 0 Å². The summed E-state index contributed by atoms with van der Waals surface area (Å²) in [5.74, 6) is 1.06. The van der Waals surface area contributed by atoms with Gasteiger partial charge < -0.3 is 49.4 Å². The number of hydrogen-bond donors (Lipinski definition) is 6. The summed E-state index contributed by atoms with van der Waals surface area (Å²) in [4.78, 5) is 34.8. The second-order valence-corrected chi connectivity index (χ2v) is 25.2. The van der Waals surface area contributed by atoms with Crippen molar-refractivity contribution in [3.8, 4) is 0 Å². The number of amides is 3. The number of aliphatic hydroxyl groups is 1. The largest absolute Gasteiger partial charge is 0.463 e. The highest BCUT2D eigenvalue weighted by Gasteiger charge is 2.29. The highest BCUT2D eigenvalue weighted by atomic mass is 32.2. The number of nitrogens with one attached hydrogen (secondary N) is 4. The predicted octanol–water partition coefficient (Wildman–Crippen LogP) is 6.18. The van der Waals surface area contributed by atoms with Gasteiger partial charge in [0.05, 0.1) is 39.5 Å². The highest BCUT2D eigenvalue weighted by molar-refractivity contribution is 8.13. The number of urea groups is 1. The third-order valence-electron chi connectivity index (χ3n) is 7.55. The Morgan fingerprint density at radius 1 is 0.755 bits per heavy atom. The summed E-state index contributed by atoms with van der Waals surface area (Å²) >= 11 is 5.29. The van der Waals surface area contributed by atoms with Crippen LogP contribution in [0.4, 0.5) is 9.59 Å². The van der Waals surface area contributed by atoms with E-state index in [0.717, 1.165) is 51.0 Å². The van der Waals surface area contributed by atoms with Crippen LogP contribution in [0.2, 0.25) is 38.8 Å². The molecule has 0 spiro atoms. The monoisotopic (exact) mass is 830 g/mol. The summed E-state index contributed by atoms with van der Waals surface area (Å²) in [5, 5.41) is 21.7. The Balaban J connectivity index is 0. The molecule has 3 amide bonds. The number of carbonyl (C=O) groups excluding carboxylic acids is 3. The van der Waals surface area contributed by atoms with Gasteiger partial charge in [0.1, 0.15) is 12.7 Å². The molecule has 0 saturated carbocycles. The molecule has 0 radical (unpaired) electrons. The average Bonchev–Trinajstić information content (AvgIpc) is 3.08. The van der Waals surface area contributed by atoms with Crippen LogP contribution >= 0.6 is 24.4 Å². The number of unbranched alkanes of at least 4 members (excludes halogenated alkanes) is 3. The quantitative estimate of drug-likeness (QED) is 0.0199. The van der Waals surface area contributed by atoms with Crippen LogP contribution in [-0.4, -0.2) is 135 Å². The van der Waals surface area contributed by atoms with Crippen LogP contribution in [0.25, 0.3) is 0 Å². The van der Waals surface area contributed by atoms with Crippen LogP contribution in [0.3, 0.4) is 0 Å². The molecular formula is C36H78N4O9S2Si2. The zero-order chi connectivity index (χ0) is 40.4. The Morgan fingerprint density at radius 3 is 1.98 bits per heavy atom. The van der Waals surface area contributed by atoms with Gasteiger partial charge in [0.15, 0.2) is 16.6 Å². The zero-order valence-electron chi connectivity index (χ0n) is 34.6. The molecule has 0 aromatic heterocycles. The average molecular weight is 831 g/mol. The van der Waals surface area contributed by atoms with E-state index in [9.17, 15) is 19.5 Å². The molecule has 0 heterocycles. The van der Waals surface area contributed by atoms with Crippen molar-refractivity contribution < 1.29 is 42.6 Å². The van der Waals surface area contributed by atoms with Gasteiger partial charge >= 0.3 is 12.0 Å². The van der Waals surface area contributed by atoms with Crippen molar-refractivity contribution in [2.24, 2.45) is 0 Å². The lowest BCUT2D eigenvalue weighted by molar-refractivity contribution is -0.147. The first kappa shape index (κ1) is 54.2. The third kappa shape index (κ3) is 42.1. The summed E-state index contributed by atoms with van der Waals surface area (Å²) in [6.07, 6.45) is 6.39. The minimum atomic E-state index is -1.63. The SMILES string of the molecule is CCC(C)NC(=O)NCCCCCCNC(=O)SCCOCCOCCS.CCC(C)NCCC(=O)OCC(O)COCCC[Si](C)(C)O[Si](C)(C)C. The Bertz CT molecular complexity index is 910. The molecule has 13 nitrogen and oxygen atoms in total. The molecule has 0 fully saturated rings. The molecule has 0 rings (SSSR count). The van der Waals surface area contributed by atoms with Gasteiger partial charge in [-0.3, -0.25) is 9.59 Å². The van der Waals surface area contributed by atoms with E-state index in [-0.39, 0.29) is 36.5 Å². The van der Waals surface area contributed by atoms with Crippen LogP contribution in [0.5, 0.6) is 0 Å². The molecule has 0 aliphatic rings. The summed E-state index contributed by atoms with van der Waals surface area (Å²) in [6, 6.07) is 1.55. The molecule has 0 aliphatic heterocycles. The van der Waals surface area contributed by atoms with E-state index in [4.69, 9.17) is 23.1 Å². The Morgan fingerprint density at radius 2 is 1.38 bits per heavy atom. The summed E-state index contributed by atoms with van der Waals surface area (Å²) in [5.41, 5.74) is 0. The van der Waals surface area contributed by atoms with E-state index < -0.39 is 22.7 Å². The second-order valence-electron chi connectivity index (χ2n) is 14.6. The maximum absolute atomic E-state index is 11.6. The molecular weight excluding hydrogens is 753 g/mol. The molecule has 0 saturated heterocycles. The fourth-order valence-electron chi connectivity index (χ4n) is 4.58. The van der Waals surface area contributed by atoms with Crippen molar-refractivity contribution in [3.63, 3.8) is 0 Å². The van der Waals surface area contributed by atoms with Gasteiger partial charge in [0.25, 0.3) is 5.24 Å². The second kappa shape index (κ2) is 35.5. The first-order chi connectivity index (χ1) is 25.0. The number of ether oxygens (including phenoxy) is 4. The molecule has 5 N–H and O–H groups in total. The molecule has 3 unspecified atom stereocenters. The molecule has 316 valence electrons. The van der Waals surface area contributed by atoms with Crippen molar-refractivity contribution in [3.05, 3.63) is 0 Å².